The number of nitrogens with zero attached hydrogens (tertiary/aromatic N) is 5. The summed E-state index contributed by atoms with van der Waals surface area (Å²) in [5.41, 5.74) is -0.133. The van der Waals surface area contributed by atoms with E-state index in [9.17, 15) is 9.59 Å². The second-order valence-electron chi connectivity index (χ2n) is 7.51. The van der Waals surface area contributed by atoms with Crippen molar-refractivity contribution in [3.63, 3.8) is 0 Å². The van der Waals surface area contributed by atoms with E-state index in [-0.39, 0.29) is 11.6 Å². The van der Waals surface area contributed by atoms with Gasteiger partial charge >= 0.3 is 0 Å². The molecule has 1 amide bonds. The van der Waals surface area contributed by atoms with E-state index in [1.165, 1.54) is 28.3 Å². The lowest BCUT2D eigenvalue weighted by molar-refractivity contribution is -0.181. The van der Waals surface area contributed by atoms with Crippen molar-refractivity contribution >= 4 is 27.3 Å². The van der Waals surface area contributed by atoms with Crippen LogP contribution < -0.4 is 10.5 Å². The molecule has 5 rings (SSSR count). The lowest BCUT2D eigenvalue weighted by Gasteiger charge is -2.37. The Morgan fingerprint density at radius 2 is 1.79 bits per heavy atom. The molecule has 0 bridgehead atoms. The first-order valence-electron chi connectivity index (χ1n) is 9.87. The molecule has 0 aliphatic carbocycles. The van der Waals surface area contributed by atoms with E-state index >= 15 is 0 Å². The Bertz CT molecular complexity index is 935. The topological polar surface area (TPSA) is 89.3 Å². The first-order chi connectivity index (χ1) is 13.6. The highest BCUT2D eigenvalue weighted by Crippen LogP contribution is 2.32. The van der Waals surface area contributed by atoms with Crippen LogP contribution in [0.15, 0.2) is 10.9 Å². The van der Waals surface area contributed by atoms with Crippen LogP contribution in [0.25, 0.3) is 4.96 Å². The lowest BCUT2D eigenvalue weighted by Crippen LogP contribution is -2.47. The molecule has 9 nitrogen and oxygen atoms in total. The normalized spacial score (nSPS) is 22.3. The molecule has 2 aromatic heterocycles. The second-order valence-corrected chi connectivity index (χ2v) is 8.44. The van der Waals surface area contributed by atoms with Crippen molar-refractivity contribution in [2.45, 2.75) is 37.9 Å². The molecule has 0 N–H and O–H groups in total. The molecule has 3 aliphatic rings. The fraction of sp³-hybridized carbons (Fsp3) is 0.667. The van der Waals surface area contributed by atoms with Gasteiger partial charge in [-0.1, -0.05) is 11.3 Å². The van der Waals surface area contributed by atoms with E-state index in [1.807, 2.05) is 0 Å². The van der Waals surface area contributed by atoms with E-state index in [0.29, 0.717) is 44.1 Å². The van der Waals surface area contributed by atoms with Gasteiger partial charge in [0.25, 0.3) is 11.5 Å². The number of piperidine rings is 2. The first-order valence-corrected chi connectivity index (χ1v) is 10.7. The van der Waals surface area contributed by atoms with Crippen LogP contribution in [0.1, 0.15) is 42.6 Å². The van der Waals surface area contributed by atoms with E-state index in [2.05, 4.69) is 15.0 Å². The van der Waals surface area contributed by atoms with E-state index < -0.39 is 11.3 Å². The summed E-state index contributed by atoms with van der Waals surface area (Å²) < 4.78 is 13.0. The maximum atomic E-state index is 13.2. The molecule has 10 heteroatoms. The van der Waals surface area contributed by atoms with Crippen LogP contribution in [0.5, 0.6) is 0 Å². The number of fused-ring (bicyclic) bond motifs is 1. The van der Waals surface area contributed by atoms with Gasteiger partial charge in [-0.25, -0.2) is 0 Å². The molecule has 0 atom stereocenters. The Balaban J connectivity index is 1.42. The summed E-state index contributed by atoms with van der Waals surface area (Å²) in [6.07, 6.45) is 4.76. The molecule has 0 saturated carbocycles. The molecule has 3 saturated heterocycles. The number of aromatic nitrogens is 3. The third-order valence-electron chi connectivity index (χ3n) is 5.72. The molecule has 28 heavy (non-hydrogen) atoms. The van der Waals surface area contributed by atoms with Crippen molar-refractivity contribution < 1.29 is 14.3 Å². The Morgan fingerprint density at radius 3 is 2.50 bits per heavy atom. The molecule has 0 aromatic carbocycles. The fourth-order valence-corrected chi connectivity index (χ4v) is 5.13. The third-order valence-corrected chi connectivity index (χ3v) is 6.68. The molecule has 3 fully saturated rings. The summed E-state index contributed by atoms with van der Waals surface area (Å²) in [5, 5.41) is 5.44. The van der Waals surface area contributed by atoms with Crippen LogP contribution in [0.4, 0.5) is 5.13 Å². The smallest absolute Gasteiger partial charge is 0.274 e. The van der Waals surface area contributed by atoms with Crippen molar-refractivity contribution in [2.75, 3.05) is 44.3 Å². The van der Waals surface area contributed by atoms with Crippen molar-refractivity contribution in [1.29, 1.82) is 0 Å². The van der Waals surface area contributed by atoms with Gasteiger partial charge in [0.15, 0.2) is 5.79 Å². The van der Waals surface area contributed by atoms with E-state index in [4.69, 9.17) is 9.47 Å². The van der Waals surface area contributed by atoms with Crippen molar-refractivity contribution in [2.24, 2.45) is 0 Å². The zero-order valence-electron chi connectivity index (χ0n) is 15.6. The minimum atomic E-state index is -0.538. The van der Waals surface area contributed by atoms with Gasteiger partial charge in [-0.05, 0) is 19.3 Å². The molecule has 0 unspecified atom stereocenters. The molecule has 1 spiro atoms. The zero-order chi connectivity index (χ0) is 19.1. The maximum absolute atomic E-state index is 13.2. The molecule has 0 radical (unpaired) electrons. The third kappa shape index (κ3) is 3.19. The number of amides is 1. The SMILES string of the molecule is O=C(c1cc(=O)nc2sc(N3CCCCC3)nn12)N1CCC2(CC1)OCCO2. The minimum absolute atomic E-state index is 0.196. The van der Waals surface area contributed by atoms with Gasteiger partial charge in [0, 0.05) is 45.1 Å². The van der Waals surface area contributed by atoms with E-state index in [1.54, 1.807) is 4.90 Å². The predicted molar refractivity (Wildman–Crippen MR) is 103 cm³/mol. The number of anilines is 1. The highest BCUT2D eigenvalue weighted by Gasteiger charge is 2.41. The summed E-state index contributed by atoms with van der Waals surface area (Å²) in [6.45, 7) is 4.16. The van der Waals surface area contributed by atoms with Gasteiger partial charge in [0.05, 0.1) is 13.2 Å². The van der Waals surface area contributed by atoms with Gasteiger partial charge < -0.3 is 19.3 Å². The summed E-state index contributed by atoms with van der Waals surface area (Å²) >= 11 is 1.37. The summed E-state index contributed by atoms with van der Waals surface area (Å²) in [6, 6.07) is 1.29. The number of carbonyl (C=O) groups is 1. The Morgan fingerprint density at radius 1 is 1.07 bits per heavy atom. The average Bonchev–Trinajstić information content (AvgIpc) is 3.35. The van der Waals surface area contributed by atoms with Gasteiger partial charge in [0.1, 0.15) is 5.69 Å². The largest absolute Gasteiger partial charge is 0.347 e. The van der Waals surface area contributed by atoms with E-state index in [0.717, 1.165) is 31.1 Å². The number of likely N-dealkylation sites (tertiary alicyclic amines) is 1. The van der Waals surface area contributed by atoms with Crippen LogP contribution in [0.3, 0.4) is 0 Å². The molecular weight excluding hydrogens is 382 g/mol. The van der Waals surface area contributed by atoms with Crippen LogP contribution in [-0.2, 0) is 9.47 Å². The van der Waals surface area contributed by atoms with Gasteiger partial charge in [-0.15, -0.1) is 5.10 Å². The van der Waals surface area contributed by atoms with Crippen molar-refractivity contribution in [3.8, 4) is 0 Å². The van der Waals surface area contributed by atoms with Crippen molar-refractivity contribution in [1.82, 2.24) is 19.5 Å². The fourth-order valence-electron chi connectivity index (χ4n) is 4.17. The quantitative estimate of drug-likeness (QED) is 0.740. The standard InChI is InChI=1S/C18H23N5O4S/c24-14-12-13(15(25)21-8-4-18(5-9-21)26-10-11-27-18)23-16(19-14)28-17(20-23)22-6-2-1-3-7-22/h12H,1-11H2. The molecule has 150 valence electrons. The van der Waals surface area contributed by atoms with Crippen LogP contribution in [0.2, 0.25) is 0 Å². The van der Waals surface area contributed by atoms with Gasteiger partial charge in [0.2, 0.25) is 10.1 Å². The summed E-state index contributed by atoms with van der Waals surface area (Å²) in [4.78, 5) is 33.8. The Hall–Kier alpha value is -2.04. The van der Waals surface area contributed by atoms with Gasteiger partial charge in [-0.3, -0.25) is 9.59 Å². The molecule has 2 aromatic rings. The second kappa shape index (κ2) is 7.09. The molecule has 5 heterocycles. The number of hydrogen-bond donors (Lipinski definition) is 0. The zero-order valence-corrected chi connectivity index (χ0v) is 16.4. The van der Waals surface area contributed by atoms with Gasteiger partial charge in [-0.2, -0.15) is 9.50 Å². The monoisotopic (exact) mass is 405 g/mol. The summed E-state index contributed by atoms with van der Waals surface area (Å²) in [7, 11) is 0. The number of carbonyl (C=O) groups excluding carboxylic acids is 1. The highest BCUT2D eigenvalue weighted by molar-refractivity contribution is 7.20. The summed E-state index contributed by atoms with van der Waals surface area (Å²) in [5.74, 6) is -0.735. The van der Waals surface area contributed by atoms with Crippen LogP contribution in [-0.4, -0.2) is 70.6 Å². The van der Waals surface area contributed by atoms with Crippen LogP contribution >= 0.6 is 11.3 Å². The number of ether oxygens (including phenoxy) is 2. The molecular formula is C18H23N5O4S. The number of rotatable bonds is 2. The molecule has 3 aliphatic heterocycles. The van der Waals surface area contributed by atoms with Crippen LogP contribution in [0, 0.1) is 0 Å². The highest BCUT2D eigenvalue weighted by atomic mass is 32.1. The predicted octanol–water partition coefficient (Wildman–Crippen LogP) is 1.12. The maximum Gasteiger partial charge on any atom is 0.274 e. The van der Waals surface area contributed by atoms with Crippen molar-refractivity contribution in [3.05, 3.63) is 22.1 Å². The average molecular weight is 405 g/mol. The number of hydrogen-bond acceptors (Lipinski definition) is 8. The Labute approximate surface area is 165 Å². The first kappa shape index (κ1) is 18.0. The minimum Gasteiger partial charge on any atom is -0.347 e. The Kier molecular flexibility index (Phi) is 4.56. The lowest BCUT2D eigenvalue weighted by atomic mass is 10.0.